The number of hydrogen-bond donors (Lipinski definition) is 1. The maximum Gasteiger partial charge on any atom is 0.331 e. The molecule has 1 amide bonds. The molecule has 1 aromatic heterocycles. The van der Waals surface area contributed by atoms with Crippen LogP contribution in [0.25, 0.3) is 5.69 Å². The predicted molar refractivity (Wildman–Crippen MR) is 112 cm³/mol. The zero-order valence-electron chi connectivity index (χ0n) is 17.5. The number of esters is 1. The Hall–Kier alpha value is -2.34. The fourth-order valence-electron chi connectivity index (χ4n) is 4.10. The Morgan fingerprint density at radius 2 is 1.90 bits per heavy atom. The van der Waals surface area contributed by atoms with E-state index in [1.807, 2.05) is 39.0 Å². The lowest BCUT2D eigenvalue weighted by atomic mass is 9.81. The lowest BCUT2D eigenvalue weighted by Gasteiger charge is -2.35. The van der Waals surface area contributed by atoms with Gasteiger partial charge in [-0.1, -0.05) is 36.9 Å². The number of methoxy groups -OCH3 is 1. The zero-order chi connectivity index (χ0) is 21.2. The molecule has 0 aliphatic heterocycles. The molecule has 0 saturated heterocycles. The minimum absolute atomic E-state index is 0.163. The van der Waals surface area contributed by atoms with Gasteiger partial charge in [0.2, 0.25) is 5.91 Å². The summed E-state index contributed by atoms with van der Waals surface area (Å²) in [5.74, 6) is -0.547. The zero-order valence-corrected chi connectivity index (χ0v) is 18.2. The van der Waals surface area contributed by atoms with Gasteiger partial charge in [0.05, 0.1) is 24.9 Å². The van der Waals surface area contributed by atoms with Crippen LogP contribution in [-0.2, 0) is 20.7 Å². The third-order valence-electron chi connectivity index (χ3n) is 5.84. The van der Waals surface area contributed by atoms with E-state index >= 15 is 0 Å². The number of nitrogens with one attached hydrogen (secondary N) is 1. The highest BCUT2D eigenvalue weighted by molar-refractivity contribution is 6.31. The minimum atomic E-state index is -0.910. The first kappa shape index (κ1) is 21.4. The molecule has 0 spiro atoms. The van der Waals surface area contributed by atoms with Crippen molar-refractivity contribution in [1.29, 1.82) is 0 Å². The molecule has 1 N–H and O–H groups in total. The average Bonchev–Trinajstić information content (AvgIpc) is 2.98. The molecule has 1 aliphatic rings. The first-order chi connectivity index (χ1) is 13.8. The molecule has 7 heteroatoms. The van der Waals surface area contributed by atoms with E-state index in [-0.39, 0.29) is 18.3 Å². The fourth-order valence-corrected chi connectivity index (χ4v) is 4.27. The van der Waals surface area contributed by atoms with Crippen LogP contribution in [0.5, 0.6) is 0 Å². The maximum atomic E-state index is 12.9. The van der Waals surface area contributed by atoms with Crippen molar-refractivity contribution in [3.8, 4) is 5.69 Å². The van der Waals surface area contributed by atoms with Gasteiger partial charge in [0.25, 0.3) is 0 Å². The summed E-state index contributed by atoms with van der Waals surface area (Å²) in [5.41, 5.74) is 3.46. The van der Waals surface area contributed by atoms with Crippen molar-refractivity contribution >= 4 is 23.5 Å². The highest BCUT2D eigenvalue weighted by Gasteiger charge is 2.42. The molecule has 0 bridgehead atoms. The van der Waals surface area contributed by atoms with Gasteiger partial charge in [0.15, 0.2) is 0 Å². The van der Waals surface area contributed by atoms with Crippen LogP contribution >= 0.6 is 11.6 Å². The molecule has 0 unspecified atom stereocenters. The van der Waals surface area contributed by atoms with Crippen molar-refractivity contribution in [2.45, 2.75) is 64.8 Å². The van der Waals surface area contributed by atoms with E-state index in [9.17, 15) is 9.59 Å². The van der Waals surface area contributed by atoms with Crippen molar-refractivity contribution in [2.24, 2.45) is 0 Å². The number of halogens is 1. The second-order valence-corrected chi connectivity index (χ2v) is 8.26. The van der Waals surface area contributed by atoms with E-state index in [0.717, 1.165) is 47.5 Å². The predicted octanol–water partition coefficient (Wildman–Crippen LogP) is 3.99. The molecule has 1 aromatic carbocycles. The Morgan fingerprint density at radius 1 is 1.21 bits per heavy atom. The van der Waals surface area contributed by atoms with Crippen molar-refractivity contribution in [2.75, 3.05) is 7.11 Å². The lowest BCUT2D eigenvalue weighted by Crippen LogP contribution is -2.56. The molecule has 0 radical (unpaired) electrons. The number of amides is 1. The average molecular weight is 418 g/mol. The molecule has 2 aromatic rings. The summed E-state index contributed by atoms with van der Waals surface area (Å²) in [6, 6.07) is 5.77. The summed E-state index contributed by atoms with van der Waals surface area (Å²) in [6.45, 7) is 5.77. The van der Waals surface area contributed by atoms with Crippen molar-refractivity contribution in [3.63, 3.8) is 0 Å². The summed E-state index contributed by atoms with van der Waals surface area (Å²) in [4.78, 5) is 25.3. The molecule has 156 valence electrons. The van der Waals surface area contributed by atoms with Gasteiger partial charge in [-0.25, -0.2) is 9.48 Å². The maximum absolute atomic E-state index is 12.9. The number of nitrogens with zero attached hydrogens (tertiary/aromatic N) is 2. The minimum Gasteiger partial charge on any atom is -0.467 e. The molecule has 6 nitrogen and oxygen atoms in total. The van der Waals surface area contributed by atoms with E-state index in [1.165, 1.54) is 7.11 Å². The van der Waals surface area contributed by atoms with Gasteiger partial charge in [-0.3, -0.25) is 4.79 Å². The Kier molecular flexibility index (Phi) is 6.32. The molecule has 29 heavy (non-hydrogen) atoms. The first-order valence-corrected chi connectivity index (χ1v) is 10.4. The highest BCUT2D eigenvalue weighted by Crippen LogP contribution is 2.30. The number of hydrogen-bond acceptors (Lipinski definition) is 4. The van der Waals surface area contributed by atoms with Crippen LogP contribution in [0.2, 0.25) is 5.02 Å². The van der Waals surface area contributed by atoms with Crippen molar-refractivity contribution in [3.05, 3.63) is 45.7 Å². The monoisotopic (exact) mass is 417 g/mol. The van der Waals surface area contributed by atoms with Gasteiger partial charge in [0.1, 0.15) is 5.54 Å². The lowest BCUT2D eigenvalue weighted by molar-refractivity contribution is -0.152. The Morgan fingerprint density at radius 3 is 2.52 bits per heavy atom. The first-order valence-electron chi connectivity index (χ1n) is 9.98. The van der Waals surface area contributed by atoms with Gasteiger partial charge < -0.3 is 10.1 Å². The Bertz CT molecular complexity index is 930. The topological polar surface area (TPSA) is 73.2 Å². The molecular formula is C22H28ClN3O3. The van der Waals surface area contributed by atoms with Crippen LogP contribution in [0.15, 0.2) is 18.2 Å². The van der Waals surface area contributed by atoms with E-state index in [4.69, 9.17) is 16.3 Å². The quantitative estimate of drug-likeness (QED) is 0.746. The second kappa shape index (κ2) is 8.57. The summed E-state index contributed by atoms with van der Waals surface area (Å²) in [6.07, 6.45) is 4.27. The number of aryl methyl sites for hydroxylation is 2. The summed E-state index contributed by atoms with van der Waals surface area (Å²) in [5, 5.41) is 8.26. The third-order valence-corrected chi connectivity index (χ3v) is 6.25. The van der Waals surface area contributed by atoms with Gasteiger partial charge in [-0.15, -0.1) is 0 Å². The van der Waals surface area contributed by atoms with Crippen LogP contribution in [0, 0.1) is 20.8 Å². The van der Waals surface area contributed by atoms with Gasteiger partial charge >= 0.3 is 5.97 Å². The van der Waals surface area contributed by atoms with Crippen molar-refractivity contribution in [1.82, 2.24) is 15.1 Å². The molecule has 3 rings (SSSR count). The number of ether oxygens (including phenoxy) is 1. The van der Waals surface area contributed by atoms with E-state index in [2.05, 4.69) is 10.4 Å². The van der Waals surface area contributed by atoms with Crippen LogP contribution in [0.1, 0.15) is 54.6 Å². The smallest absolute Gasteiger partial charge is 0.331 e. The number of carbonyl (C=O) groups is 2. The van der Waals surface area contributed by atoms with E-state index in [1.54, 1.807) is 4.68 Å². The fraction of sp³-hybridized carbons (Fsp3) is 0.500. The number of aromatic nitrogens is 2. The van der Waals surface area contributed by atoms with Crippen LogP contribution in [0.4, 0.5) is 0 Å². The van der Waals surface area contributed by atoms with E-state index < -0.39 is 5.54 Å². The molecule has 1 saturated carbocycles. The SMILES string of the molecule is COC(=O)C1(NC(=O)Cc2c(C)nn(-c3ccc(C)c(Cl)c3)c2C)CCCCC1. The second-order valence-electron chi connectivity index (χ2n) is 7.85. The number of benzene rings is 1. The van der Waals surface area contributed by atoms with Gasteiger partial charge in [-0.2, -0.15) is 5.10 Å². The molecule has 1 fully saturated rings. The third kappa shape index (κ3) is 4.32. The summed E-state index contributed by atoms with van der Waals surface area (Å²) < 4.78 is 6.80. The van der Waals surface area contributed by atoms with Crippen LogP contribution < -0.4 is 5.32 Å². The largest absolute Gasteiger partial charge is 0.467 e. The highest BCUT2D eigenvalue weighted by atomic mass is 35.5. The van der Waals surface area contributed by atoms with Gasteiger partial charge in [-0.05, 0) is 51.3 Å². The Balaban J connectivity index is 1.82. The Labute approximate surface area is 176 Å². The molecule has 0 atom stereocenters. The molecule has 1 aliphatic carbocycles. The number of carbonyl (C=O) groups excluding carboxylic acids is 2. The van der Waals surface area contributed by atoms with Gasteiger partial charge in [0, 0.05) is 16.3 Å². The van der Waals surface area contributed by atoms with Crippen LogP contribution in [-0.4, -0.2) is 34.3 Å². The molecule has 1 heterocycles. The summed E-state index contributed by atoms with van der Waals surface area (Å²) in [7, 11) is 1.37. The number of rotatable bonds is 5. The normalized spacial score (nSPS) is 15.8. The molecular weight excluding hydrogens is 390 g/mol. The van der Waals surface area contributed by atoms with Crippen molar-refractivity contribution < 1.29 is 14.3 Å². The standard InChI is InChI=1S/C22H28ClN3O3/c1-14-8-9-17(12-19(14)23)26-16(3)18(15(2)25-26)13-20(27)24-22(21(28)29-4)10-6-5-7-11-22/h8-9,12H,5-7,10-11,13H2,1-4H3,(H,24,27). The van der Waals surface area contributed by atoms with Crippen LogP contribution in [0.3, 0.4) is 0 Å². The summed E-state index contributed by atoms with van der Waals surface area (Å²) >= 11 is 6.27. The van der Waals surface area contributed by atoms with E-state index in [0.29, 0.717) is 17.9 Å².